The molecule has 84 valence electrons. The molecule has 0 saturated heterocycles. The van der Waals surface area contributed by atoms with Gasteiger partial charge in [0.25, 0.3) is 0 Å². The topological polar surface area (TPSA) is 37.9 Å². The number of benzene rings is 2. The van der Waals surface area contributed by atoms with E-state index in [1.807, 2.05) is 24.3 Å². The second-order valence-corrected chi connectivity index (χ2v) is 3.87. The Labute approximate surface area is 99.1 Å². The van der Waals surface area contributed by atoms with Crippen LogP contribution in [0.3, 0.4) is 0 Å². The maximum absolute atomic E-state index is 5.23. The van der Waals surface area contributed by atoms with Gasteiger partial charge in [-0.3, -0.25) is 0 Å². The highest BCUT2D eigenvalue weighted by molar-refractivity contribution is 5.81. The summed E-state index contributed by atoms with van der Waals surface area (Å²) in [5, 5.41) is 0. The summed E-state index contributed by atoms with van der Waals surface area (Å²) in [5.41, 5.74) is 4.31. The van der Waals surface area contributed by atoms with Crippen molar-refractivity contribution in [3.05, 3.63) is 48.8 Å². The number of hydrogen-bond donors (Lipinski definition) is 1. The number of rotatable bonds is 2. The van der Waals surface area contributed by atoms with Gasteiger partial charge in [-0.25, -0.2) is 4.98 Å². The molecule has 3 aromatic rings. The van der Waals surface area contributed by atoms with Crippen LogP contribution in [0.25, 0.3) is 22.2 Å². The molecule has 0 unspecified atom stereocenters. The SMILES string of the molecule is COc1cccc(-c2ccc3[nH]cnc3c2)c1. The molecule has 0 fully saturated rings. The molecule has 0 spiro atoms. The number of nitrogens with one attached hydrogen (secondary N) is 1. The van der Waals surface area contributed by atoms with E-state index in [0.29, 0.717) is 0 Å². The fourth-order valence-corrected chi connectivity index (χ4v) is 1.91. The molecule has 0 atom stereocenters. The molecule has 1 heterocycles. The van der Waals surface area contributed by atoms with Crippen LogP contribution in [0.5, 0.6) is 5.75 Å². The Kier molecular flexibility index (Phi) is 2.29. The van der Waals surface area contributed by atoms with E-state index in [0.717, 1.165) is 27.9 Å². The molecule has 0 radical (unpaired) electrons. The van der Waals surface area contributed by atoms with Crippen molar-refractivity contribution >= 4 is 11.0 Å². The van der Waals surface area contributed by atoms with Crippen LogP contribution in [0.1, 0.15) is 0 Å². The van der Waals surface area contributed by atoms with Gasteiger partial charge in [-0.05, 0) is 35.4 Å². The van der Waals surface area contributed by atoms with Crippen LogP contribution in [0.2, 0.25) is 0 Å². The monoisotopic (exact) mass is 224 g/mol. The molecular weight excluding hydrogens is 212 g/mol. The number of methoxy groups -OCH3 is 1. The first-order valence-corrected chi connectivity index (χ1v) is 5.44. The zero-order valence-corrected chi connectivity index (χ0v) is 9.47. The van der Waals surface area contributed by atoms with Crippen LogP contribution in [-0.2, 0) is 0 Å². The van der Waals surface area contributed by atoms with E-state index >= 15 is 0 Å². The number of hydrogen-bond acceptors (Lipinski definition) is 2. The van der Waals surface area contributed by atoms with Gasteiger partial charge >= 0.3 is 0 Å². The number of aromatic nitrogens is 2. The van der Waals surface area contributed by atoms with E-state index < -0.39 is 0 Å². The molecule has 3 heteroatoms. The molecule has 0 aliphatic heterocycles. The molecule has 0 aliphatic rings. The summed E-state index contributed by atoms with van der Waals surface area (Å²) in [6.07, 6.45) is 1.71. The molecule has 2 aromatic carbocycles. The van der Waals surface area contributed by atoms with Gasteiger partial charge in [0.2, 0.25) is 0 Å². The Morgan fingerprint density at radius 2 is 1.94 bits per heavy atom. The maximum atomic E-state index is 5.23. The number of ether oxygens (including phenoxy) is 1. The first-order chi connectivity index (χ1) is 8.36. The van der Waals surface area contributed by atoms with Crippen LogP contribution < -0.4 is 4.74 Å². The largest absolute Gasteiger partial charge is 0.497 e. The smallest absolute Gasteiger partial charge is 0.119 e. The number of aromatic amines is 1. The van der Waals surface area contributed by atoms with Crippen LogP contribution >= 0.6 is 0 Å². The van der Waals surface area contributed by atoms with Crippen molar-refractivity contribution in [2.75, 3.05) is 7.11 Å². The summed E-state index contributed by atoms with van der Waals surface area (Å²) in [6.45, 7) is 0. The van der Waals surface area contributed by atoms with E-state index in [9.17, 15) is 0 Å². The van der Waals surface area contributed by atoms with E-state index in [1.54, 1.807) is 13.4 Å². The van der Waals surface area contributed by atoms with E-state index in [2.05, 4.69) is 28.2 Å². The van der Waals surface area contributed by atoms with Crippen LogP contribution in [0, 0.1) is 0 Å². The fourth-order valence-electron chi connectivity index (χ4n) is 1.91. The first-order valence-electron chi connectivity index (χ1n) is 5.44. The van der Waals surface area contributed by atoms with Crippen molar-refractivity contribution < 1.29 is 4.74 Å². The summed E-state index contributed by atoms with van der Waals surface area (Å²) >= 11 is 0. The second-order valence-electron chi connectivity index (χ2n) is 3.87. The van der Waals surface area contributed by atoms with Crippen molar-refractivity contribution in [2.24, 2.45) is 0 Å². The Balaban J connectivity index is 2.12. The second kappa shape index (κ2) is 3.94. The molecule has 0 saturated carbocycles. The number of H-pyrrole nitrogens is 1. The normalized spacial score (nSPS) is 10.6. The fraction of sp³-hybridized carbons (Fsp3) is 0.0714. The Morgan fingerprint density at radius 3 is 2.82 bits per heavy atom. The standard InChI is InChI=1S/C14H12N2O/c1-17-12-4-2-3-10(7-12)11-5-6-13-14(8-11)16-9-15-13/h2-9H,1H3,(H,15,16). The Bertz CT molecular complexity index is 658. The van der Waals surface area contributed by atoms with Crippen LogP contribution in [-0.4, -0.2) is 17.1 Å². The summed E-state index contributed by atoms with van der Waals surface area (Å²) in [5.74, 6) is 0.865. The average molecular weight is 224 g/mol. The predicted octanol–water partition coefficient (Wildman–Crippen LogP) is 3.24. The zero-order chi connectivity index (χ0) is 11.7. The zero-order valence-electron chi connectivity index (χ0n) is 9.47. The highest BCUT2D eigenvalue weighted by atomic mass is 16.5. The minimum absolute atomic E-state index is 0.865. The molecule has 0 bridgehead atoms. The third-order valence-electron chi connectivity index (χ3n) is 2.82. The van der Waals surface area contributed by atoms with Gasteiger partial charge in [0.1, 0.15) is 5.75 Å². The summed E-state index contributed by atoms with van der Waals surface area (Å²) < 4.78 is 5.23. The molecule has 0 amide bonds. The highest BCUT2D eigenvalue weighted by Gasteiger charge is 2.02. The Hall–Kier alpha value is -2.29. The Morgan fingerprint density at radius 1 is 1.06 bits per heavy atom. The summed E-state index contributed by atoms with van der Waals surface area (Å²) in [6, 6.07) is 14.2. The van der Waals surface area contributed by atoms with Gasteiger partial charge in [0.05, 0.1) is 24.5 Å². The molecular formula is C14H12N2O. The van der Waals surface area contributed by atoms with Gasteiger partial charge in [0, 0.05) is 0 Å². The maximum Gasteiger partial charge on any atom is 0.119 e. The van der Waals surface area contributed by atoms with Crippen molar-refractivity contribution in [1.82, 2.24) is 9.97 Å². The predicted molar refractivity (Wildman–Crippen MR) is 68.1 cm³/mol. The molecule has 17 heavy (non-hydrogen) atoms. The molecule has 3 rings (SSSR count). The van der Waals surface area contributed by atoms with E-state index in [-0.39, 0.29) is 0 Å². The quantitative estimate of drug-likeness (QED) is 0.725. The summed E-state index contributed by atoms with van der Waals surface area (Å²) in [4.78, 5) is 7.35. The first kappa shape index (κ1) is 9.90. The average Bonchev–Trinajstić information content (AvgIpc) is 2.86. The van der Waals surface area contributed by atoms with Gasteiger partial charge in [-0.1, -0.05) is 18.2 Å². The third kappa shape index (κ3) is 1.76. The number of imidazole rings is 1. The lowest BCUT2D eigenvalue weighted by molar-refractivity contribution is 0.415. The van der Waals surface area contributed by atoms with Gasteiger partial charge in [-0.15, -0.1) is 0 Å². The van der Waals surface area contributed by atoms with Gasteiger partial charge in [0.15, 0.2) is 0 Å². The van der Waals surface area contributed by atoms with E-state index in [4.69, 9.17) is 4.74 Å². The van der Waals surface area contributed by atoms with Crippen molar-refractivity contribution in [3.8, 4) is 16.9 Å². The lowest BCUT2D eigenvalue weighted by atomic mass is 10.1. The lowest BCUT2D eigenvalue weighted by Gasteiger charge is -2.04. The summed E-state index contributed by atoms with van der Waals surface area (Å²) in [7, 11) is 1.68. The molecule has 3 nitrogen and oxygen atoms in total. The minimum atomic E-state index is 0.865. The van der Waals surface area contributed by atoms with Gasteiger partial charge in [-0.2, -0.15) is 0 Å². The van der Waals surface area contributed by atoms with Crippen molar-refractivity contribution in [2.45, 2.75) is 0 Å². The van der Waals surface area contributed by atoms with Gasteiger partial charge < -0.3 is 9.72 Å². The van der Waals surface area contributed by atoms with Crippen LogP contribution in [0.15, 0.2) is 48.8 Å². The number of fused-ring (bicyclic) bond motifs is 1. The van der Waals surface area contributed by atoms with E-state index in [1.165, 1.54) is 0 Å². The van der Waals surface area contributed by atoms with Crippen molar-refractivity contribution in [3.63, 3.8) is 0 Å². The minimum Gasteiger partial charge on any atom is -0.497 e. The molecule has 1 aromatic heterocycles. The molecule has 0 aliphatic carbocycles. The number of nitrogens with zero attached hydrogens (tertiary/aromatic N) is 1. The van der Waals surface area contributed by atoms with Crippen molar-refractivity contribution in [1.29, 1.82) is 0 Å². The van der Waals surface area contributed by atoms with Crippen LogP contribution in [0.4, 0.5) is 0 Å². The third-order valence-corrected chi connectivity index (χ3v) is 2.82. The highest BCUT2D eigenvalue weighted by Crippen LogP contribution is 2.25. The lowest BCUT2D eigenvalue weighted by Crippen LogP contribution is -1.83. The molecule has 1 N–H and O–H groups in total.